The summed E-state index contributed by atoms with van der Waals surface area (Å²) < 4.78 is 28.2. The number of carbonyl (C=O) groups excluding carboxylic acids is 2. The maximum atomic E-state index is 12.7. The van der Waals surface area contributed by atoms with Crippen LogP contribution in [0, 0.1) is 11.3 Å². The lowest BCUT2D eigenvalue weighted by atomic mass is 9.79. The van der Waals surface area contributed by atoms with Crippen LogP contribution in [0.3, 0.4) is 0 Å². The van der Waals surface area contributed by atoms with E-state index in [-0.39, 0.29) is 30.6 Å². The Hall–Kier alpha value is -1.11. The molecule has 1 atom stereocenters. The normalized spacial score (nSPS) is 20.5. The van der Waals surface area contributed by atoms with Crippen molar-refractivity contribution < 1.29 is 22.7 Å². The van der Waals surface area contributed by atoms with Crippen LogP contribution in [0.2, 0.25) is 0 Å². The Morgan fingerprint density at radius 2 is 1.81 bits per heavy atom. The Bertz CT molecular complexity index is 492. The number of nitrogens with zero attached hydrogens (tertiary/aromatic N) is 1. The van der Waals surface area contributed by atoms with Gasteiger partial charge in [0, 0.05) is 13.1 Å². The number of esters is 1. The zero-order valence-electron chi connectivity index (χ0n) is 13.2. The number of sulfone groups is 1. The largest absolute Gasteiger partial charge is 0.465 e. The number of carbonyl (C=O) groups is 2. The molecule has 1 amide bonds. The summed E-state index contributed by atoms with van der Waals surface area (Å²) in [5, 5.41) is 0. The highest BCUT2D eigenvalue weighted by Crippen LogP contribution is 2.29. The Labute approximate surface area is 126 Å². The molecule has 0 aliphatic carbocycles. The highest BCUT2D eigenvalue weighted by atomic mass is 32.2. The first-order valence-corrected chi connectivity index (χ1v) is 9.06. The summed E-state index contributed by atoms with van der Waals surface area (Å²) in [6.07, 6.45) is 0.410. The molecule has 21 heavy (non-hydrogen) atoms. The lowest BCUT2D eigenvalue weighted by molar-refractivity contribution is -0.160. The van der Waals surface area contributed by atoms with Crippen LogP contribution >= 0.6 is 0 Å². The summed E-state index contributed by atoms with van der Waals surface area (Å²) in [7, 11) is -3.09. The first-order valence-electron chi connectivity index (χ1n) is 7.24. The average molecular weight is 319 g/mol. The van der Waals surface area contributed by atoms with E-state index in [1.54, 1.807) is 27.7 Å². The summed E-state index contributed by atoms with van der Waals surface area (Å²) in [4.78, 5) is 26.2. The van der Waals surface area contributed by atoms with Crippen molar-refractivity contribution in [3.05, 3.63) is 0 Å². The molecule has 0 bridgehead atoms. The van der Waals surface area contributed by atoms with Gasteiger partial charge >= 0.3 is 5.97 Å². The molecule has 0 saturated carbocycles. The van der Waals surface area contributed by atoms with Crippen molar-refractivity contribution in [3.63, 3.8) is 0 Å². The Kier molecular flexibility index (Phi) is 5.78. The fourth-order valence-corrected chi connectivity index (χ4v) is 3.66. The molecule has 1 rings (SSSR count). The standard InChI is InChI=1S/C14H25NO5S/c1-5-20-13(17)11(14(2,3)4)12(16)15-7-6-9-21(18,19)10-8-15/h11H,5-10H2,1-4H3. The van der Waals surface area contributed by atoms with E-state index in [9.17, 15) is 18.0 Å². The SMILES string of the molecule is CCOC(=O)C(C(=O)N1CCCS(=O)(=O)CC1)C(C)(C)C. The number of rotatable bonds is 3. The quantitative estimate of drug-likeness (QED) is 0.569. The van der Waals surface area contributed by atoms with E-state index in [1.165, 1.54) is 4.90 Å². The van der Waals surface area contributed by atoms with Crippen LogP contribution in [-0.4, -0.2) is 56.4 Å². The first kappa shape index (κ1) is 17.9. The molecule has 1 aliphatic heterocycles. The molecule has 1 unspecified atom stereocenters. The number of hydrogen-bond donors (Lipinski definition) is 0. The predicted molar refractivity (Wildman–Crippen MR) is 79.4 cm³/mol. The van der Waals surface area contributed by atoms with Crippen molar-refractivity contribution in [3.8, 4) is 0 Å². The molecule has 0 aromatic rings. The van der Waals surface area contributed by atoms with Crippen LogP contribution in [0.4, 0.5) is 0 Å². The van der Waals surface area contributed by atoms with Gasteiger partial charge in [-0.1, -0.05) is 20.8 Å². The average Bonchev–Trinajstić information content (AvgIpc) is 2.48. The van der Waals surface area contributed by atoms with Crippen LogP contribution in [0.25, 0.3) is 0 Å². The second kappa shape index (κ2) is 6.77. The number of amides is 1. The molecule has 0 aromatic heterocycles. The Morgan fingerprint density at radius 3 is 2.33 bits per heavy atom. The van der Waals surface area contributed by atoms with Gasteiger partial charge in [0.15, 0.2) is 9.84 Å². The third-order valence-corrected chi connectivity index (χ3v) is 5.22. The van der Waals surface area contributed by atoms with Crippen molar-refractivity contribution in [1.82, 2.24) is 4.90 Å². The van der Waals surface area contributed by atoms with Crippen LogP contribution in [0.5, 0.6) is 0 Å². The molecular weight excluding hydrogens is 294 g/mol. The van der Waals surface area contributed by atoms with Crippen LogP contribution in [0.1, 0.15) is 34.1 Å². The maximum absolute atomic E-state index is 12.7. The molecule has 6 nitrogen and oxygen atoms in total. The second-order valence-electron chi connectivity index (χ2n) is 6.38. The monoisotopic (exact) mass is 319 g/mol. The van der Waals surface area contributed by atoms with Gasteiger partial charge in [-0.2, -0.15) is 0 Å². The zero-order valence-corrected chi connectivity index (χ0v) is 14.0. The lowest BCUT2D eigenvalue weighted by Crippen LogP contribution is -2.46. The van der Waals surface area contributed by atoms with E-state index in [0.717, 1.165) is 0 Å². The van der Waals surface area contributed by atoms with Gasteiger partial charge in [-0.15, -0.1) is 0 Å². The predicted octanol–water partition coefficient (Wildman–Crippen LogP) is 0.859. The van der Waals surface area contributed by atoms with E-state index in [0.29, 0.717) is 13.0 Å². The van der Waals surface area contributed by atoms with E-state index >= 15 is 0 Å². The smallest absolute Gasteiger partial charge is 0.319 e. The molecule has 7 heteroatoms. The van der Waals surface area contributed by atoms with Gasteiger partial charge in [0.05, 0.1) is 18.1 Å². The molecule has 1 heterocycles. The highest BCUT2D eigenvalue weighted by molar-refractivity contribution is 7.91. The maximum Gasteiger partial charge on any atom is 0.319 e. The minimum Gasteiger partial charge on any atom is -0.465 e. The van der Waals surface area contributed by atoms with Gasteiger partial charge < -0.3 is 9.64 Å². The molecule has 0 aromatic carbocycles. The number of hydrogen-bond acceptors (Lipinski definition) is 5. The Balaban J connectivity index is 2.93. The van der Waals surface area contributed by atoms with Crippen molar-refractivity contribution in [2.75, 3.05) is 31.2 Å². The first-order chi connectivity index (χ1) is 9.58. The second-order valence-corrected chi connectivity index (χ2v) is 8.69. The van der Waals surface area contributed by atoms with Crippen molar-refractivity contribution in [2.24, 2.45) is 11.3 Å². The fraction of sp³-hybridized carbons (Fsp3) is 0.857. The van der Waals surface area contributed by atoms with Gasteiger partial charge in [0.2, 0.25) is 5.91 Å². The number of ether oxygens (including phenoxy) is 1. The van der Waals surface area contributed by atoms with Crippen molar-refractivity contribution >= 4 is 21.7 Å². The van der Waals surface area contributed by atoms with Gasteiger partial charge in [0.1, 0.15) is 5.92 Å². The minimum absolute atomic E-state index is 0.0432. The van der Waals surface area contributed by atoms with Crippen LogP contribution in [0.15, 0.2) is 0 Å². The van der Waals surface area contributed by atoms with E-state index in [2.05, 4.69) is 0 Å². The third-order valence-electron chi connectivity index (χ3n) is 3.50. The molecule has 1 fully saturated rings. The van der Waals surface area contributed by atoms with Gasteiger partial charge in [-0.05, 0) is 18.8 Å². The summed E-state index contributed by atoms with van der Waals surface area (Å²) in [5.41, 5.74) is -0.575. The molecule has 0 spiro atoms. The van der Waals surface area contributed by atoms with Crippen molar-refractivity contribution in [1.29, 1.82) is 0 Å². The molecule has 1 saturated heterocycles. The molecule has 1 aliphatic rings. The molecule has 0 N–H and O–H groups in total. The third kappa shape index (κ3) is 4.98. The van der Waals surface area contributed by atoms with Gasteiger partial charge in [-0.3, -0.25) is 9.59 Å². The van der Waals surface area contributed by atoms with Crippen molar-refractivity contribution in [2.45, 2.75) is 34.1 Å². The Morgan fingerprint density at radius 1 is 1.19 bits per heavy atom. The van der Waals surface area contributed by atoms with E-state index in [4.69, 9.17) is 4.74 Å². The van der Waals surface area contributed by atoms with E-state index < -0.39 is 27.1 Å². The summed E-state index contributed by atoms with van der Waals surface area (Å²) in [6, 6.07) is 0. The molecule has 122 valence electrons. The van der Waals surface area contributed by atoms with Crippen LogP contribution < -0.4 is 0 Å². The molecule has 0 radical (unpaired) electrons. The topological polar surface area (TPSA) is 80.8 Å². The fourth-order valence-electron chi connectivity index (χ4n) is 2.39. The minimum atomic E-state index is -3.09. The van der Waals surface area contributed by atoms with E-state index in [1.807, 2.05) is 0 Å². The van der Waals surface area contributed by atoms with Crippen LogP contribution in [-0.2, 0) is 24.2 Å². The van der Waals surface area contributed by atoms with Gasteiger partial charge in [0.25, 0.3) is 0 Å². The summed E-state index contributed by atoms with van der Waals surface area (Å²) in [6.45, 7) is 7.84. The highest BCUT2D eigenvalue weighted by Gasteiger charge is 2.41. The van der Waals surface area contributed by atoms with Gasteiger partial charge in [-0.25, -0.2) is 8.42 Å². The summed E-state index contributed by atoms with van der Waals surface area (Å²) in [5.74, 6) is -1.73. The zero-order chi connectivity index (χ0) is 16.3. The summed E-state index contributed by atoms with van der Waals surface area (Å²) >= 11 is 0. The molecular formula is C14H25NO5S. The lowest BCUT2D eigenvalue weighted by Gasteiger charge is -2.32.